The Hall–Kier alpha value is -1.24. The largest absolute Gasteiger partial charge is 0.444 e. The molecule has 7 heteroatoms. The number of carbonyl (C=O) groups excluding carboxylic acids is 1. The van der Waals surface area contributed by atoms with E-state index in [0.29, 0.717) is 0 Å². The van der Waals surface area contributed by atoms with E-state index in [1.165, 1.54) is 12.1 Å². The van der Waals surface area contributed by atoms with E-state index in [2.05, 4.69) is 26.2 Å². The van der Waals surface area contributed by atoms with Crippen molar-refractivity contribution >= 4 is 27.8 Å². The van der Waals surface area contributed by atoms with Gasteiger partial charge in [0.15, 0.2) is 0 Å². The number of hydrogen-bond donors (Lipinski definition) is 1. The molecule has 0 aliphatic carbocycles. The van der Waals surface area contributed by atoms with Crippen LogP contribution in [0.1, 0.15) is 32.9 Å². The lowest BCUT2D eigenvalue weighted by atomic mass is 10.2. The van der Waals surface area contributed by atoms with Crippen LogP contribution >= 0.6 is 15.9 Å². The second-order valence-corrected chi connectivity index (χ2v) is 5.35. The van der Waals surface area contributed by atoms with Crippen molar-refractivity contribution in [3.8, 4) is 0 Å². The smallest absolute Gasteiger partial charge is 0.413 e. The normalized spacial score (nSPS) is 11.5. The van der Waals surface area contributed by atoms with Crippen LogP contribution in [0.3, 0.4) is 0 Å². The molecule has 0 saturated heterocycles. The van der Waals surface area contributed by atoms with E-state index in [1.807, 2.05) is 0 Å². The van der Waals surface area contributed by atoms with Gasteiger partial charge in [-0.3, -0.25) is 5.32 Å². The maximum absolute atomic E-state index is 12.6. The molecule has 0 radical (unpaired) electrons. The van der Waals surface area contributed by atoms with Gasteiger partial charge in [-0.05, 0) is 48.8 Å². The molecule has 1 amide bonds. The summed E-state index contributed by atoms with van der Waals surface area (Å²) in [5.74, 6) is 0.0164. The summed E-state index contributed by atoms with van der Waals surface area (Å²) in [5.41, 5.74) is -1.09. The highest BCUT2D eigenvalue weighted by Gasteiger charge is 2.18. The van der Waals surface area contributed by atoms with Crippen LogP contribution in [0.15, 0.2) is 16.6 Å². The molecule has 1 rings (SSSR count). The molecule has 1 aromatic heterocycles. The first-order valence-electron chi connectivity index (χ1n) is 5.13. The van der Waals surface area contributed by atoms with E-state index in [-0.39, 0.29) is 10.3 Å². The molecule has 1 heterocycles. The minimum Gasteiger partial charge on any atom is -0.444 e. The minimum absolute atomic E-state index is 0.0164. The fourth-order valence-electron chi connectivity index (χ4n) is 1.09. The standard InChI is InChI=1S/C11H13BrF2N2O2/c1-11(2,3)18-10(17)16-7-5-4-6(12)8(15-7)9(13)14/h4-5,9H,1-3H3,(H,15,16,17). The fourth-order valence-corrected chi connectivity index (χ4v) is 1.48. The molecular formula is C11H13BrF2N2O2. The molecule has 0 unspecified atom stereocenters. The summed E-state index contributed by atoms with van der Waals surface area (Å²) in [6.07, 6.45) is -3.46. The van der Waals surface area contributed by atoms with Gasteiger partial charge in [0, 0.05) is 4.47 Å². The molecule has 0 aliphatic heterocycles. The number of amides is 1. The van der Waals surface area contributed by atoms with Crippen LogP contribution in [0, 0.1) is 0 Å². The van der Waals surface area contributed by atoms with Crippen molar-refractivity contribution in [2.45, 2.75) is 32.8 Å². The van der Waals surface area contributed by atoms with Gasteiger partial charge in [-0.2, -0.15) is 0 Å². The number of carbonyl (C=O) groups is 1. The van der Waals surface area contributed by atoms with Crippen LogP contribution in [0.25, 0.3) is 0 Å². The summed E-state index contributed by atoms with van der Waals surface area (Å²) in [5, 5.41) is 2.29. The number of anilines is 1. The van der Waals surface area contributed by atoms with Gasteiger partial charge in [-0.25, -0.2) is 18.6 Å². The molecular weight excluding hydrogens is 310 g/mol. The average molecular weight is 323 g/mol. The van der Waals surface area contributed by atoms with E-state index < -0.39 is 23.8 Å². The van der Waals surface area contributed by atoms with Crippen LogP contribution in [0.4, 0.5) is 19.4 Å². The maximum atomic E-state index is 12.6. The molecule has 0 atom stereocenters. The number of nitrogens with zero attached hydrogens (tertiary/aromatic N) is 1. The van der Waals surface area contributed by atoms with Crippen LogP contribution in [0.2, 0.25) is 0 Å². The second kappa shape index (κ2) is 5.60. The molecule has 0 fully saturated rings. The minimum atomic E-state index is -2.72. The van der Waals surface area contributed by atoms with Crippen molar-refractivity contribution in [3.63, 3.8) is 0 Å². The number of alkyl halides is 2. The first-order valence-corrected chi connectivity index (χ1v) is 5.93. The van der Waals surface area contributed by atoms with Crippen LogP contribution < -0.4 is 5.32 Å². The molecule has 1 N–H and O–H groups in total. The first-order chi connectivity index (χ1) is 8.19. The van der Waals surface area contributed by atoms with Gasteiger partial charge >= 0.3 is 6.09 Å². The van der Waals surface area contributed by atoms with Crippen molar-refractivity contribution in [1.29, 1.82) is 0 Å². The van der Waals surface area contributed by atoms with Gasteiger partial charge in [-0.15, -0.1) is 0 Å². The van der Waals surface area contributed by atoms with E-state index >= 15 is 0 Å². The van der Waals surface area contributed by atoms with E-state index in [4.69, 9.17) is 4.74 Å². The number of ether oxygens (including phenoxy) is 1. The van der Waals surface area contributed by atoms with Crippen molar-refractivity contribution in [2.75, 3.05) is 5.32 Å². The highest BCUT2D eigenvalue weighted by Crippen LogP contribution is 2.26. The van der Waals surface area contributed by atoms with Crippen LogP contribution in [-0.2, 0) is 4.74 Å². The highest BCUT2D eigenvalue weighted by atomic mass is 79.9. The van der Waals surface area contributed by atoms with Crippen molar-refractivity contribution < 1.29 is 18.3 Å². The summed E-state index contributed by atoms with van der Waals surface area (Å²) < 4.78 is 30.3. The number of aromatic nitrogens is 1. The second-order valence-electron chi connectivity index (χ2n) is 4.49. The summed E-state index contributed by atoms with van der Waals surface area (Å²) in [7, 11) is 0. The number of nitrogens with one attached hydrogen (secondary N) is 1. The Kier molecular flexibility index (Phi) is 4.61. The third-order valence-electron chi connectivity index (χ3n) is 1.71. The SMILES string of the molecule is CC(C)(C)OC(=O)Nc1ccc(Br)c(C(F)F)n1. The molecule has 0 aromatic carbocycles. The Morgan fingerprint density at radius 3 is 2.56 bits per heavy atom. The van der Waals surface area contributed by atoms with Crippen molar-refractivity contribution in [2.24, 2.45) is 0 Å². The summed E-state index contributed by atoms with van der Waals surface area (Å²) in [4.78, 5) is 15.1. The lowest BCUT2D eigenvalue weighted by Gasteiger charge is -2.19. The van der Waals surface area contributed by atoms with Crippen molar-refractivity contribution in [1.82, 2.24) is 4.98 Å². The van der Waals surface area contributed by atoms with E-state index in [9.17, 15) is 13.6 Å². The molecule has 0 saturated carbocycles. The predicted octanol–water partition coefficient (Wildman–Crippen LogP) is 4.13. The Labute approximate surface area is 112 Å². The number of hydrogen-bond acceptors (Lipinski definition) is 3. The Morgan fingerprint density at radius 1 is 1.44 bits per heavy atom. The quantitative estimate of drug-likeness (QED) is 0.890. The van der Waals surface area contributed by atoms with Gasteiger partial charge in [0.05, 0.1) is 0 Å². The maximum Gasteiger partial charge on any atom is 0.413 e. The van der Waals surface area contributed by atoms with Gasteiger partial charge in [0.1, 0.15) is 17.1 Å². The zero-order valence-electron chi connectivity index (χ0n) is 10.1. The lowest BCUT2D eigenvalue weighted by molar-refractivity contribution is 0.0635. The summed E-state index contributed by atoms with van der Waals surface area (Å²) in [6, 6.07) is 2.79. The summed E-state index contributed by atoms with van der Waals surface area (Å²) >= 11 is 2.96. The predicted molar refractivity (Wildman–Crippen MR) is 66.8 cm³/mol. The summed E-state index contributed by atoms with van der Waals surface area (Å²) in [6.45, 7) is 5.10. The highest BCUT2D eigenvalue weighted by molar-refractivity contribution is 9.10. The molecule has 4 nitrogen and oxygen atoms in total. The molecule has 0 spiro atoms. The fraction of sp³-hybridized carbons (Fsp3) is 0.455. The number of rotatable bonds is 2. The lowest BCUT2D eigenvalue weighted by Crippen LogP contribution is -2.27. The average Bonchev–Trinajstić information content (AvgIpc) is 2.17. The molecule has 0 aliphatic rings. The third-order valence-corrected chi connectivity index (χ3v) is 2.38. The van der Waals surface area contributed by atoms with Gasteiger partial charge in [-0.1, -0.05) is 0 Å². The van der Waals surface area contributed by atoms with Gasteiger partial charge in [0.2, 0.25) is 0 Å². The zero-order chi connectivity index (χ0) is 13.9. The third kappa shape index (κ3) is 4.56. The van der Waals surface area contributed by atoms with Gasteiger partial charge < -0.3 is 4.74 Å². The van der Waals surface area contributed by atoms with Crippen LogP contribution in [-0.4, -0.2) is 16.7 Å². The molecule has 1 aromatic rings. The van der Waals surface area contributed by atoms with Crippen molar-refractivity contribution in [3.05, 3.63) is 22.3 Å². The topological polar surface area (TPSA) is 51.2 Å². The van der Waals surface area contributed by atoms with Crippen LogP contribution in [0.5, 0.6) is 0 Å². The van der Waals surface area contributed by atoms with E-state index in [0.717, 1.165) is 0 Å². The number of halogens is 3. The Balaban J connectivity index is 2.80. The Bertz CT molecular complexity index is 447. The van der Waals surface area contributed by atoms with E-state index in [1.54, 1.807) is 20.8 Å². The number of pyridine rings is 1. The Morgan fingerprint density at radius 2 is 2.06 bits per heavy atom. The monoisotopic (exact) mass is 322 g/mol. The molecule has 0 bridgehead atoms. The zero-order valence-corrected chi connectivity index (χ0v) is 11.7. The first kappa shape index (κ1) is 14.8. The molecule has 100 valence electrons. The van der Waals surface area contributed by atoms with Gasteiger partial charge in [0.25, 0.3) is 6.43 Å². The molecule has 18 heavy (non-hydrogen) atoms.